The molecule has 0 aromatic carbocycles. The molecule has 0 aromatic rings. The maximum absolute atomic E-state index is 12.7. The fraction of sp³-hybridized carbons (Fsp3) is 0.833. The molecule has 0 unspecified atom stereocenters. The van der Waals surface area contributed by atoms with E-state index >= 15 is 0 Å². The second-order valence-corrected chi connectivity index (χ2v) is 9.62. The van der Waals surface area contributed by atoms with Crippen LogP contribution in [0.1, 0.15) is 66.7 Å². The molecule has 0 saturated heterocycles. The van der Waals surface area contributed by atoms with Crippen molar-refractivity contribution in [3.05, 3.63) is 11.1 Å². The van der Waals surface area contributed by atoms with Crippen molar-refractivity contribution >= 4 is 5.78 Å². The van der Waals surface area contributed by atoms with Gasteiger partial charge in [0, 0.05) is 17.4 Å². The lowest BCUT2D eigenvalue weighted by molar-refractivity contribution is -0.140. The third-order valence-electron chi connectivity index (χ3n) is 5.71. The predicted molar refractivity (Wildman–Crippen MR) is 81.7 cm³/mol. The van der Waals surface area contributed by atoms with E-state index < -0.39 is 11.7 Å². The van der Waals surface area contributed by atoms with Gasteiger partial charge in [0.1, 0.15) is 0 Å². The molecule has 1 fully saturated rings. The molecule has 1 saturated carbocycles. The van der Waals surface area contributed by atoms with Crippen LogP contribution < -0.4 is 0 Å². The van der Waals surface area contributed by atoms with Crippen molar-refractivity contribution in [3.63, 3.8) is 0 Å². The molecule has 2 N–H and O–H groups in total. The van der Waals surface area contributed by atoms with Gasteiger partial charge in [-0.15, -0.1) is 0 Å². The van der Waals surface area contributed by atoms with Crippen LogP contribution in [-0.4, -0.2) is 27.7 Å². The van der Waals surface area contributed by atoms with Crippen LogP contribution in [0.4, 0.5) is 0 Å². The van der Waals surface area contributed by atoms with E-state index in [2.05, 4.69) is 34.6 Å². The highest BCUT2D eigenvalue weighted by Crippen LogP contribution is 2.61. The molecule has 2 bridgehead atoms. The van der Waals surface area contributed by atoms with E-state index in [1.54, 1.807) is 0 Å². The topological polar surface area (TPSA) is 57.5 Å². The quantitative estimate of drug-likeness (QED) is 0.721. The summed E-state index contributed by atoms with van der Waals surface area (Å²) in [5.74, 6) is 0.0440. The fourth-order valence-corrected chi connectivity index (χ4v) is 5.69. The van der Waals surface area contributed by atoms with Crippen LogP contribution in [0, 0.1) is 16.2 Å². The van der Waals surface area contributed by atoms with Gasteiger partial charge in [-0.05, 0) is 42.1 Å². The van der Waals surface area contributed by atoms with Gasteiger partial charge in [-0.2, -0.15) is 0 Å². The summed E-state index contributed by atoms with van der Waals surface area (Å²) in [6.45, 7) is 10.5. The fourth-order valence-electron chi connectivity index (χ4n) is 5.69. The first-order chi connectivity index (χ1) is 9.38. The van der Waals surface area contributed by atoms with Crippen LogP contribution in [0.3, 0.4) is 0 Å². The lowest BCUT2D eigenvalue weighted by Gasteiger charge is -2.58. The van der Waals surface area contributed by atoms with E-state index in [4.69, 9.17) is 0 Å². The number of rotatable bonds is 0. The molecule has 3 aliphatic rings. The highest BCUT2D eigenvalue weighted by Gasteiger charge is 2.60. The number of carbonyl (C=O) groups is 1. The van der Waals surface area contributed by atoms with Crippen molar-refractivity contribution in [2.75, 3.05) is 0 Å². The molecule has 0 spiro atoms. The molecule has 0 radical (unpaired) electrons. The van der Waals surface area contributed by atoms with Gasteiger partial charge in [0.05, 0.1) is 11.7 Å². The summed E-state index contributed by atoms with van der Waals surface area (Å²) < 4.78 is 0. The second kappa shape index (κ2) is 3.99. The Kier molecular flexibility index (Phi) is 2.90. The highest BCUT2D eigenvalue weighted by molar-refractivity contribution is 6.00. The molecule has 3 rings (SSSR count). The Balaban J connectivity index is 2.19. The summed E-state index contributed by atoms with van der Waals surface area (Å²) >= 11 is 0. The summed E-state index contributed by atoms with van der Waals surface area (Å²) in [7, 11) is 0. The van der Waals surface area contributed by atoms with Crippen LogP contribution in [0.15, 0.2) is 11.1 Å². The summed E-state index contributed by atoms with van der Waals surface area (Å²) in [6.07, 6.45) is 2.60. The van der Waals surface area contributed by atoms with Gasteiger partial charge in [-0.1, -0.05) is 34.6 Å². The van der Waals surface area contributed by atoms with Crippen LogP contribution in [-0.2, 0) is 4.79 Å². The van der Waals surface area contributed by atoms with Gasteiger partial charge in [0.25, 0.3) is 0 Å². The number of fused-ring (bicyclic) bond motifs is 3. The smallest absolute Gasteiger partial charge is 0.162 e. The first-order valence-corrected chi connectivity index (χ1v) is 8.05. The maximum atomic E-state index is 12.7. The molecule has 0 heterocycles. The minimum absolute atomic E-state index is 0.0440. The number of aliphatic hydroxyl groups excluding tert-OH is 1. The molecule has 3 heteroatoms. The zero-order valence-corrected chi connectivity index (χ0v) is 13.9. The molecule has 0 aliphatic heterocycles. The SMILES string of the molecule is CC1(C)CC(=O)C2=C(C1)[C@@H](O)[C@@]1(C)CC(C)(C)C[C@]2(O)C1. The zero-order chi connectivity index (χ0) is 15.8. The Morgan fingerprint density at radius 2 is 1.57 bits per heavy atom. The molecular weight excluding hydrogens is 264 g/mol. The van der Waals surface area contributed by atoms with Crippen LogP contribution in [0.5, 0.6) is 0 Å². The first-order valence-electron chi connectivity index (χ1n) is 8.05. The largest absolute Gasteiger partial charge is 0.388 e. The lowest BCUT2D eigenvalue weighted by Crippen LogP contribution is -2.59. The Morgan fingerprint density at radius 3 is 2.19 bits per heavy atom. The molecular formula is C18H28O3. The van der Waals surface area contributed by atoms with Crippen molar-refractivity contribution < 1.29 is 15.0 Å². The van der Waals surface area contributed by atoms with E-state index in [1.807, 2.05) is 0 Å². The van der Waals surface area contributed by atoms with Crippen LogP contribution >= 0.6 is 0 Å². The van der Waals surface area contributed by atoms with Crippen molar-refractivity contribution in [2.24, 2.45) is 16.2 Å². The summed E-state index contributed by atoms with van der Waals surface area (Å²) in [6, 6.07) is 0. The summed E-state index contributed by atoms with van der Waals surface area (Å²) in [5.41, 5.74) is -0.177. The van der Waals surface area contributed by atoms with Crippen molar-refractivity contribution in [1.29, 1.82) is 0 Å². The van der Waals surface area contributed by atoms with E-state index in [0.29, 0.717) is 31.3 Å². The number of hydrogen-bond acceptors (Lipinski definition) is 3. The van der Waals surface area contributed by atoms with E-state index in [1.165, 1.54) is 0 Å². The van der Waals surface area contributed by atoms with Gasteiger partial charge in [0.15, 0.2) is 5.78 Å². The molecule has 21 heavy (non-hydrogen) atoms. The molecule has 3 atom stereocenters. The third-order valence-corrected chi connectivity index (χ3v) is 5.71. The Labute approximate surface area is 127 Å². The zero-order valence-electron chi connectivity index (χ0n) is 13.9. The molecule has 118 valence electrons. The third kappa shape index (κ3) is 2.20. The molecule has 0 aromatic heterocycles. The average Bonchev–Trinajstić information content (AvgIpc) is 2.19. The van der Waals surface area contributed by atoms with E-state index in [9.17, 15) is 15.0 Å². The van der Waals surface area contributed by atoms with Crippen LogP contribution in [0.2, 0.25) is 0 Å². The highest BCUT2D eigenvalue weighted by atomic mass is 16.3. The standard InChI is InChI=1S/C18H28O3/c1-15(2)6-11-13(12(19)7-15)18(21)9-16(3,4)8-17(5,10-18)14(11)20/h14,20-21H,6-10H2,1-5H3/t14-,17+,18+/m1/s1. The Hall–Kier alpha value is -0.670. The van der Waals surface area contributed by atoms with E-state index in [-0.39, 0.29) is 22.0 Å². The van der Waals surface area contributed by atoms with Crippen molar-refractivity contribution in [3.8, 4) is 0 Å². The first kappa shape index (κ1) is 15.2. The van der Waals surface area contributed by atoms with Gasteiger partial charge >= 0.3 is 0 Å². The van der Waals surface area contributed by atoms with Crippen molar-refractivity contribution in [1.82, 2.24) is 0 Å². The van der Waals surface area contributed by atoms with Gasteiger partial charge in [-0.25, -0.2) is 0 Å². The molecule has 0 amide bonds. The van der Waals surface area contributed by atoms with Gasteiger partial charge in [-0.3, -0.25) is 4.79 Å². The predicted octanol–water partition coefficient (Wildman–Crippen LogP) is 2.99. The van der Waals surface area contributed by atoms with Crippen LogP contribution in [0.25, 0.3) is 0 Å². The maximum Gasteiger partial charge on any atom is 0.162 e. The number of hydrogen-bond donors (Lipinski definition) is 2. The number of carbonyl (C=O) groups excluding carboxylic acids is 1. The normalized spacial score (nSPS) is 44.5. The minimum atomic E-state index is -1.04. The average molecular weight is 292 g/mol. The molecule has 3 aliphatic carbocycles. The summed E-state index contributed by atoms with van der Waals surface area (Å²) in [4.78, 5) is 12.7. The summed E-state index contributed by atoms with van der Waals surface area (Å²) in [5, 5.41) is 22.2. The monoisotopic (exact) mass is 292 g/mol. The van der Waals surface area contributed by atoms with E-state index in [0.717, 1.165) is 12.0 Å². The van der Waals surface area contributed by atoms with Crippen molar-refractivity contribution in [2.45, 2.75) is 78.4 Å². The minimum Gasteiger partial charge on any atom is -0.388 e. The number of aliphatic hydroxyl groups is 2. The van der Waals surface area contributed by atoms with Gasteiger partial charge in [0.2, 0.25) is 0 Å². The Bertz CT molecular complexity index is 543. The number of ketones is 1. The van der Waals surface area contributed by atoms with Gasteiger partial charge < -0.3 is 10.2 Å². The second-order valence-electron chi connectivity index (χ2n) is 9.62. The number of Topliss-reactive ketones (excluding diaryl/α,β-unsaturated/α-hetero) is 1. The Morgan fingerprint density at radius 1 is 0.952 bits per heavy atom. The molecule has 3 nitrogen and oxygen atoms in total. The lowest BCUT2D eigenvalue weighted by atomic mass is 9.48.